The molecule has 1 atom stereocenters. The van der Waals surface area contributed by atoms with Gasteiger partial charge in [0.15, 0.2) is 0 Å². The average Bonchev–Trinajstić information content (AvgIpc) is 2.73. The third-order valence-electron chi connectivity index (χ3n) is 4.82. The summed E-state index contributed by atoms with van der Waals surface area (Å²) in [7, 11) is 0. The molecular formula is C25H31F3N2O3. The molecule has 0 fully saturated rings. The van der Waals surface area contributed by atoms with Gasteiger partial charge in [-0.25, -0.2) is 4.79 Å². The predicted molar refractivity (Wildman–Crippen MR) is 121 cm³/mol. The summed E-state index contributed by atoms with van der Waals surface area (Å²) in [5.74, 6) is -0.305. The van der Waals surface area contributed by atoms with Gasteiger partial charge in [0, 0.05) is 6.54 Å². The number of nitrogens with one attached hydrogen (secondary N) is 2. The van der Waals surface area contributed by atoms with E-state index in [1.165, 1.54) is 12.1 Å². The SMILES string of the molecule is CCCC[C@H](NC(=O)OC(C)(C)C)C(=O)NCc1ccc(-c2ccc(C(F)(F)F)cc2)cc1. The van der Waals surface area contributed by atoms with Crippen LogP contribution in [0, 0.1) is 0 Å². The molecule has 2 aromatic rings. The van der Waals surface area contributed by atoms with E-state index in [9.17, 15) is 22.8 Å². The number of alkyl halides is 3. The van der Waals surface area contributed by atoms with Gasteiger partial charge >= 0.3 is 12.3 Å². The van der Waals surface area contributed by atoms with Gasteiger partial charge in [-0.15, -0.1) is 0 Å². The van der Waals surface area contributed by atoms with Crippen LogP contribution in [0.25, 0.3) is 11.1 Å². The second kappa shape index (κ2) is 11.2. The van der Waals surface area contributed by atoms with Crippen LogP contribution in [-0.4, -0.2) is 23.6 Å². The van der Waals surface area contributed by atoms with Crippen molar-refractivity contribution in [3.05, 3.63) is 59.7 Å². The van der Waals surface area contributed by atoms with Crippen molar-refractivity contribution in [1.82, 2.24) is 10.6 Å². The van der Waals surface area contributed by atoms with Gasteiger partial charge in [0.25, 0.3) is 0 Å². The van der Waals surface area contributed by atoms with Crippen LogP contribution >= 0.6 is 0 Å². The van der Waals surface area contributed by atoms with E-state index in [2.05, 4.69) is 10.6 Å². The van der Waals surface area contributed by atoms with Crippen LogP contribution in [0.4, 0.5) is 18.0 Å². The van der Waals surface area contributed by atoms with Crippen molar-refractivity contribution in [2.45, 2.75) is 71.3 Å². The summed E-state index contributed by atoms with van der Waals surface area (Å²) in [5.41, 5.74) is 0.907. The summed E-state index contributed by atoms with van der Waals surface area (Å²) in [5, 5.41) is 5.46. The van der Waals surface area contributed by atoms with Crippen molar-refractivity contribution in [2.75, 3.05) is 0 Å². The number of hydrogen-bond acceptors (Lipinski definition) is 3. The van der Waals surface area contributed by atoms with Crippen LogP contribution in [0.1, 0.15) is 58.1 Å². The van der Waals surface area contributed by atoms with E-state index in [1.807, 2.05) is 6.92 Å². The van der Waals surface area contributed by atoms with Gasteiger partial charge in [0.2, 0.25) is 5.91 Å². The van der Waals surface area contributed by atoms with E-state index in [1.54, 1.807) is 45.0 Å². The highest BCUT2D eigenvalue weighted by molar-refractivity contribution is 5.85. The molecule has 2 N–H and O–H groups in total. The Morgan fingerprint density at radius 3 is 1.97 bits per heavy atom. The van der Waals surface area contributed by atoms with Gasteiger partial charge in [0.1, 0.15) is 11.6 Å². The zero-order valence-electron chi connectivity index (χ0n) is 19.4. The first-order valence-corrected chi connectivity index (χ1v) is 10.9. The maximum Gasteiger partial charge on any atom is 0.416 e. The number of halogens is 3. The van der Waals surface area contributed by atoms with E-state index in [0.29, 0.717) is 12.0 Å². The van der Waals surface area contributed by atoms with Gasteiger partial charge in [-0.1, -0.05) is 56.2 Å². The van der Waals surface area contributed by atoms with E-state index in [-0.39, 0.29) is 12.5 Å². The molecule has 0 aromatic heterocycles. The van der Waals surface area contributed by atoms with Gasteiger partial charge in [-0.2, -0.15) is 13.2 Å². The fourth-order valence-corrected chi connectivity index (χ4v) is 3.11. The summed E-state index contributed by atoms with van der Waals surface area (Å²) in [4.78, 5) is 24.7. The molecule has 0 bridgehead atoms. The number of amides is 2. The highest BCUT2D eigenvalue weighted by Gasteiger charge is 2.30. The molecule has 0 aliphatic heterocycles. The Morgan fingerprint density at radius 1 is 0.939 bits per heavy atom. The van der Waals surface area contributed by atoms with Crippen LogP contribution in [0.3, 0.4) is 0 Å². The van der Waals surface area contributed by atoms with Gasteiger partial charge < -0.3 is 15.4 Å². The maximum atomic E-state index is 12.7. The first-order valence-electron chi connectivity index (χ1n) is 10.9. The molecule has 2 rings (SSSR count). The molecule has 8 heteroatoms. The lowest BCUT2D eigenvalue weighted by Gasteiger charge is -2.23. The van der Waals surface area contributed by atoms with Gasteiger partial charge in [-0.3, -0.25) is 4.79 Å². The lowest BCUT2D eigenvalue weighted by molar-refractivity contribution is -0.137. The topological polar surface area (TPSA) is 67.4 Å². The molecule has 33 heavy (non-hydrogen) atoms. The summed E-state index contributed by atoms with van der Waals surface area (Å²) < 4.78 is 43.4. The van der Waals surface area contributed by atoms with Crippen molar-refractivity contribution in [3.63, 3.8) is 0 Å². The van der Waals surface area contributed by atoms with Gasteiger partial charge in [0.05, 0.1) is 5.56 Å². The van der Waals surface area contributed by atoms with E-state index < -0.39 is 29.5 Å². The Labute approximate surface area is 192 Å². The Hall–Kier alpha value is -3.03. The van der Waals surface area contributed by atoms with Crippen molar-refractivity contribution in [2.24, 2.45) is 0 Å². The number of rotatable bonds is 8. The molecule has 0 spiro atoms. The third-order valence-corrected chi connectivity index (χ3v) is 4.82. The number of unbranched alkanes of at least 4 members (excludes halogenated alkanes) is 1. The Kier molecular flexibility index (Phi) is 8.91. The first-order chi connectivity index (χ1) is 15.4. The fourth-order valence-electron chi connectivity index (χ4n) is 3.11. The summed E-state index contributed by atoms with van der Waals surface area (Å²) in [6, 6.07) is 11.4. The van der Waals surface area contributed by atoms with Gasteiger partial charge in [-0.05, 0) is 56.0 Å². The number of benzene rings is 2. The second-order valence-electron chi connectivity index (χ2n) is 8.83. The standard InChI is InChI=1S/C25H31F3N2O3/c1-5-6-7-21(30-23(32)33-24(2,3)4)22(31)29-16-17-8-10-18(11-9-17)19-12-14-20(15-13-19)25(26,27)28/h8-15,21H,5-7,16H2,1-4H3,(H,29,31)(H,30,32)/t21-/m0/s1. The average molecular weight is 465 g/mol. The van der Waals surface area contributed by atoms with Crippen LogP contribution in [0.2, 0.25) is 0 Å². The van der Waals surface area contributed by atoms with Crippen LogP contribution in [-0.2, 0) is 22.3 Å². The minimum absolute atomic E-state index is 0.255. The monoisotopic (exact) mass is 464 g/mol. The molecule has 0 unspecified atom stereocenters. The summed E-state index contributed by atoms with van der Waals surface area (Å²) in [6.45, 7) is 7.51. The van der Waals surface area contributed by atoms with Crippen LogP contribution < -0.4 is 10.6 Å². The quantitative estimate of drug-likeness (QED) is 0.498. The number of carbonyl (C=O) groups excluding carboxylic acids is 2. The summed E-state index contributed by atoms with van der Waals surface area (Å²) in [6.07, 6.45) is -2.86. The molecule has 0 radical (unpaired) electrons. The molecule has 0 heterocycles. The fraction of sp³-hybridized carbons (Fsp3) is 0.440. The highest BCUT2D eigenvalue weighted by Crippen LogP contribution is 2.31. The van der Waals surface area contributed by atoms with E-state index in [0.717, 1.165) is 36.1 Å². The number of alkyl carbamates (subject to hydrolysis) is 1. The largest absolute Gasteiger partial charge is 0.444 e. The molecule has 0 aliphatic carbocycles. The van der Waals surface area contributed by atoms with Crippen LogP contribution in [0.15, 0.2) is 48.5 Å². The van der Waals surface area contributed by atoms with Crippen LogP contribution in [0.5, 0.6) is 0 Å². The Morgan fingerprint density at radius 2 is 1.48 bits per heavy atom. The lowest BCUT2D eigenvalue weighted by atomic mass is 10.0. The van der Waals surface area contributed by atoms with Crippen molar-refractivity contribution < 1.29 is 27.5 Å². The number of hydrogen-bond donors (Lipinski definition) is 2. The molecule has 180 valence electrons. The van der Waals surface area contributed by atoms with E-state index >= 15 is 0 Å². The van der Waals surface area contributed by atoms with Crippen molar-refractivity contribution >= 4 is 12.0 Å². The van der Waals surface area contributed by atoms with Crippen molar-refractivity contribution in [1.29, 1.82) is 0 Å². The third kappa shape index (κ3) is 8.79. The zero-order chi connectivity index (χ0) is 24.6. The molecule has 0 saturated carbocycles. The molecule has 2 aromatic carbocycles. The Bertz CT molecular complexity index is 918. The molecule has 0 saturated heterocycles. The molecule has 5 nitrogen and oxygen atoms in total. The van der Waals surface area contributed by atoms with E-state index in [4.69, 9.17) is 4.74 Å². The maximum absolute atomic E-state index is 12.7. The predicted octanol–water partition coefficient (Wildman–Crippen LogP) is 6.07. The van der Waals surface area contributed by atoms with Crippen molar-refractivity contribution in [3.8, 4) is 11.1 Å². The molecule has 2 amide bonds. The molecule has 0 aliphatic rings. The lowest BCUT2D eigenvalue weighted by Crippen LogP contribution is -2.48. The second-order valence-corrected chi connectivity index (χ2v) is 8.83. The minimum atomic E-state index is -4.37. The summed E-state index contributed by atoms with van der Waals surface area (Å²) >= 11 is 0. The first kappa shape index (κ1) is 26.2. The number of ether oxygens (including phenoxy) is 1. The smallest absolute Gasteiger partial charge is 0.416 e. The highest BCUT2D eigenvalue weighted by atomic mass is 19.4. The zero-order valence-corrected chi connectivity index (χ0v) is 19.4. The molecular weight excluding hydrogens is 433 g/mol. The Balaban J connectivity index is 1.97. The number of carbonyl (C=O) groups is 2. The normalized spacial score (nSPS) is 12.7. The minimum Gasteiger partial charge on any atom is -0.444 e.